The number of hydrogen-bond donors (Lipinski definition) is 1. The molecule has 1 aliphatic rings. The lowest BCUT2D eigenvalue weighted by Crippen LogP contribution is -2.47. The molecule has 0 aromatic heterocycles. The minimum Gasteiger partial charge on any atom is -0.369 e. The van der Waals surface area contributed by atoms with Crippen molar-refractivity contribution in [3.8, 4) is 0 Å². The first-order valence-electron chi connectivity index (χ1n) is 7.39. The van der Waals surface area contributed by atoms with Gasteiger partial charge in [0.25, 0.3) is 5.69 Å². The monoisotopic (exact) mass is 291 g/mol. The van der Waals surface area contributed by atoms with E-state index >= 15 is 0 Å². The molecule has 1 amide bonds. The van der Waals surface area contributed by atoms with Gasteiger partial charge in [0.2, 0.25) is 5.91 Å². The topological polar surface area (TPSA) is 75.5 Å². The van der Waals surface area contributed by atoms with Crippen LogP contribution in [0.25, 0.3) is 0 Å². The van der Waals surface area contributed by atoms with E-state index < -0.39 is 4.92 Å². The number of carbonyl (C=O) groups is 1. The fraction of sp³-hybridized carbons (Fsp3) is 0.533. The number of anilines is 1. The van der Waals surface area contributed by atoms with E-state index in [0.29, 0.717) is 6.42 Å². The number of nitro groups is 1. The van der Waals surface area contributed by atoms with E-state index in [2.05, 4.69) is 10.2 Å². The zero-order valence-corrected chi connectivity index (χ0v) is 12.2. The van der Waals surface area contributed by atoms with Gasteiger partial charge in [0.1, 0.15) is 0 Å². The highest BCUT2D eigenvalue weighted by Gasteiger charge is 2.21. The molecule has 1 aromatic carbocycles. The van der Waals surface area contributed by atoms with Gasteiger partial charge in [0.15, 0.2) is 0 Å². The minimum absolute atomic E-state index is 0.101. The molecule has 114 valence electrons. The van der Waals surface area contributed by atoms with Crippen LogP contribution in [0.5, 0.6) is 0 Å². The van der Waals surface area contributed by atoms with Gasteiger partial charge in [0, 0.05) is 43.4 Å². The van der Waals surface area contributed by atoms with Crippen LogP contribution >= 0.6 is 0 Å². The first-order valence-corrected chi connectivity index (χ1v) is 7.39. The molecule has 6 nitrogen and oxygen atoms in total. The van der Waals surface area contributed by atoms with Crippen LogP contribution in [0, 0.1) is 10.1 Å². The third-order valence-corrected chi connectivity index (χ3v) is 3.69. The molecule has 0 bridgehead atoms. The first kappa shape index (κ1) is 15.3. The SMILES string of the molecule is CCCC(=O)NC1CCCN(c2ccc([N+](=O)[O-])cc2)C1. The Morgan fingerprint density at radius 3 is 2.76 bits per heavy atom. The van der Waals surface area contributed by atoms with Gasteiger partial charge in [0.05, 0.1) is 4.92 Å². The van der Waals surface area contributed by atoms with Crippen LogP contribution in [-0.4, -0.2) is 30.0 Å². The lowest BCUT2D eigenvalue weighted by molar-refractivity contribution is -0.384. The van der Waals surface area contributed by atoms with Crippen molar-refractivity contribution in [2.75, 3.05) is 18.0 Å². The van der Waals surface area contributed by atoms with E-state index in [4.69, 9.17) is 0 Å². The smallest absolute Gasteiger partial charge is 0.269 e. The molecule has 0 saturated carbocycles. The van der Waals surface area contributed by atoms with Gasteiger partial charge in [-0.2, -0.15) is 0 Å². The third-order valence-electron chi connectivity index (χ3n) is 3.69. The lowest BCUT2D eigenvalue weighted by atomic mass is 10.0. The van der Waals surface area contributed by atoms with Crippen molar-refractivity contribution in [1.29, 1.82) is 0 Å². The van der Waals surface area contributed by atoms with Gasteiger partial charge < -0.3 is 10.2 Å². The summed E-state index contributed by atoms with van der Waals surface area (Å²) < 4.78 is 0. The number of hydrogen-bond acceptors (Lipinski definition) is 4. The number of carbonyl (C=O) groups excluding carboxylic acids is 1. The molecule has 1 N–H and O–H groups in total. The molecule has 0 spiro atoms. The molecule has 1 aliphatic heterocycles. The number of nitrogens with zero attached hydrogens (tertiary/aromatic N) is 2. The fourth-order valence-corrected chi connectivity index (χ4v) is 2.64. The van der Waals surface area contributed by atoms with Crippen molar-refractivity contribution >= 4 is 17.3 Å². The maximum absolute atomic E-state index is 11.7. The second-order valence-corrected chi connectivity index (χ2v) is 5.38. The summed E-state index contributed by atoms with van der Waals surface area (Å²) in [6.45, 7) is 3.66. The number of amides is 1. The van der Waals surface area contributed by atoms with Crippen molar-refractivity contribution in [3.63, 3.8) is 0 Å². The van der Waals surface area contributed by atoms with Gasteiger partial charge >= 0.3 is 0 Å². The highest BCUT2D eigenvalue weighted by molar-refractivity contribution is 5.76. The van der Waals surface area contributed by atoms with Crippen molar-refractivity contribution in [2.24, 2.45) is 0 Å². The number of rotatable bonds is 5. The summed E-state index contributed by atoms with van der Waals surface area (Å²) in [5.41, 5.74) is 1.07. The van der Waals surface area contributed by atoms with Crippen molar-refractivity contribution in [2.45, 2.75) is 38.6 Å². The van der Waals surface area contributed by atoms with Gasteiger partial charge in [-0.1, -0.05) is 6.92 Å². The second-order valence-electron chi connectivity index (χ2n) is 5.38. The highest BCUT2D eigenvalue weighted by Crippen LogP contribution is 2.22. The molecule has 21 heavy (non-hydrogen) atoms. The lowest BCUT2D eigenvalue weighted by Gasteiger charge is -2.34. The molecule has 1 unspecified atom stereocenters. The molecule has 1 saturated heterocycles. The normalized spacial score (nSPS) is 18.3. The zero-order chi connectivity index (χ0) is 15.2. The van der Waals surface area contributed by atoms with Gasteiger partial charge in [-0.25, -0.2) is 0 Å². The second kappa shape index (κ2) is 7.06. The third kappa shape index (κ3) is 4.18. The van der Waals surface area contributed by atoms with Crippen molar-refractivity contribution in [3.05, 3.63) is 34.4 Å². The molecule has 0 radical (unpaired) electrons. The Morgan fingerprint density at radius 2 is 2.14 bits per heavy atom. The number of non-ortho nitro benzene ring substituents is 1. The van der Waals surface area contributed by atoms with Crippen LogP contribution in [0.1, 0.15) is 32.6 Å². The summed E-state index contributed by atoms with van der Waals surface area (Å²) in [6.07, 6.45) is 3.41. The molecular weight excluding hydrogens is 270 g/mol. The van der Waals surface area contributed by atoms with E-state index in [-0.39, 0.29) is 17.6 Å². The zero-order valence-electron chi connectivity index (χ0n) is 12.2. The number of nitro benzene ring substituents is 1. The Hall–Kier alpha value is -2.11. The first-order chi connectivity index (χ1) is 10.1. The van der Waals surface area contributed by atoms with E-state index in [1.165, 1.54) is 12.1 Å². The van der Waals surface area contributed by atoms with Crippen LogP contribution in [0.15, 0.2) is 24.3 Å². The minimum atomic E-state index is -0.395. The summed E-state index contributed by atoms with van der Waals surface area (Å²) in [4.78, 5) is 24.1. The summed E-state index contributed by atoms with van der Waals surface area (Å²) in [5.74, 6) is 0.105. The van der Waals surface area contributed by atoms with Crippen LogP contribution in [0.2, 0.25) is 0 Å². The highest BCUT2D eigenvalue weighted by atomic mass is 16.6. The van der Waals surface area contributed by atoms with Gasteiger partial charge in [-0.3, -0.25) is 14.9 Å². The average molecular weight is 291 g/mol. The Morgan fingerprint density at radius 1 is 1.43 bits per heavy atom. The van der Waals surface area contributed by atoms with Crippen molar-refractivity contribution < 1.29 is 9.72 Å². The van der Waals surface area contributed by atoms with Crippen LogP contribution in [-0.2, 0) is 4.79 Å². The van der Waals surface area contributed by atoms with E-state index in [1.807, 2.05) is 6.92 Å². The largest absolute Gasteiger partial charge is 0.369 e. The van der Waals surface area contributed by atoms with Gasteiger partial charge in [-0.15, -0.1) is 0 Å². The van der Waals surface area contributed by atoms with E-state index in [0.717, 1.165) is 38.0 Å². The molecular formula is C15H21N3O3. The van der Waals surface area contributed by atoms with Crippen LogP contribution in [0.3, 0.4) is 0 Å². The molecule has 6 heteroatoms. The van der Waals surface area contributed by atoms with Gasteiger partial charge in [-0.05, 0) is 31.4 Å². The standard InChI is InChI=1S/C15H21N3O3/c1-2-4-15(19)16-12-5-3-10-17(11-12)13-6-8-14(9-7-13)18(20)21/h6-9,12H,2-5,10-11H2,1H3,(H,16,19). The summed E-state index contributed by atoms with van der Waals surface area (Å²) >= 11 is 0. The van der Waals surface area contributed by atoms with Crippen LogP contribution in [0.4, 0.5) is 11.4 Å². The molecule has 0 aliphatic carbocycles. The predicted octanol–water partition coefficient (Wildman–Crippen LogP) is 2.48. The number of piperidine rings is 1. The number of benzene rings is 1. The number of nitrogens with one attached hydrogen (secondary N) is 1. The Kier molecular flexibility index (Phi) is 5.14. The Bertz CT molecular complexity index is 501. The molecule has 1 heterocycles. The Labute approximate surface area is 124 Å². The molecule has 1 atom stereocenters. The molecule has 1 aromatic rings. The van der Waals surface area contributed by atoms with Crippen molar-refractivity contribution in [1.82, 2.24) is 5.32 Å². The predicted molar refractivity (Wildman–Crippen MR) is 81.4 cm³/mol. The van der Waals surface area contributed by atoms with E-state index in [9.17, 15) is 14.9 Å². The molecule has 1 fully saturated rings. The fourth-order valence-electron chi connectivity index (χ4n) is 2.64. The molecule has 2 rings (SSSR count). The maximum atomic E-state index is 11.7. The van der Waals surface area contributed by atoms with E-state index in [1.54, 1.807) is 12.1 Å². The van der Waals surface area contributed by atoms with Crippen LogP contribution < -0.4 is 10.2 Å². The summed E-state index contributed by atoms with van der Waals surface area (Å²) in [5, 5.41) is 13.7. The quantitative estimate of drug-likeness (QED) is 0.668. The maximum Gasteiger partial charge on any atom is 0.269 e. The Balaban J connectivity index is 1.97. The average Bonchev–Trinajstić information content (AvgIpc) is 2.48. The summed E-state index contributed by atoms with van der Waals surface area (Å²) in [6, 6.07) is 6.75. The summed E-state index contributed by atoms with van der Waals surface area (Å²) in [7, 11) is 0.